The molecule has 2 fully saturated rings. The summed E-state index contributed by atoms with van der Waals surface area (Å²) >= 11 is 0. The molecule has 37 heavy (non-hydrogen) atoms. The summed E-state index contributed by atoms with van der Waals surface area (Å²) in [6.07, 6.45) is 4.53. The molecule has 2 aliphatic heterocycles. The van der Waals surface area contributed by atoms with Gasteiger partial charge in [0, 0.05) is 37.1 Å². The fourth-order valence-electron chi connectivity index (χ4n) is 5.24. The van der Waals surface area contributed by atoms with Gasteiger partial charge in [-0.15, -0.1) is 0 Å². The molecule has 0 saturated carbocycles. The predicted molar refractivity (Wildman–Crippen MR) is 140 cm³/mol. The Labute approximate surface area is 217 Å². The maximum Gasteiger partial charge on any atom is 0.410 e. The van der Waals surface area contributed by atoms with Crippen molar-refractivity contribution in [2.75, 3.05) is 31.6 Å². The first kappa shape index (κ1) is 24.7. The lowest BCUT2D eigenvalue weighted by Gasteiger charge is -2.43. The Morgan fingerprint density at radius 3 is 2.51 bits per heavy atom. The number of anilines is 1. The Morgan fingerprint density at radius 2 is 1.86 bits per heavy atom. The van der Waals surface area contributed by atoms with Crippen LogP contribution in [0.15, 0.2) is 60.9 Å². The van der Waals surface area contributed by atoms with Gasteiger partial charge in [-0.2, -0.15) is 5.10 Å². The van der Waals surface area contributed by atoms with Gasteiger partial charge in [0.25, 0.3) is 0 Å². The van der Waals surface area contributed by atoms with Crippen LogP contribution in [0.4, 0.5) is 15.3 Å². The van der Waals surface area contributed by atoms with E-state index in [2.05, 4.69) is 10.2 Å². The van der Waals surface area contributed by atoms with Crippen LogP contribution in [0.25, 0.3) is 11.1 Å². The second kappa shape index (κ2) is 10.2. The van der Waals surface area contributed by atoms with Gasteiger partial charge in [-0.25, -0.2) is 9.59 Å². The van der Waals surface area contributed by atoms with E-state index in [4.69, 9.17) is 9.47 Å². The maximum absolute atomic E-state index is 13.9. The number of nitrogens with zero attached hydrogens (tertiary/aromatic N) is 4. The molecule has 3 heterocycles. The Kier molecular flexibility index (Phi) is 6.78. The van der Waals surface area contributed by atoms with Gasteiger partial charge in [-0.1, -0.05) is 24.3 Å². The molecular weight excluding hydrogens is 470 g/mol. The lowest BCUT2D eigenvalue weighted by molar-refractivity contribution is 0.0412. The van der Waals surface area contributed by atoms with Gasteiger partial charge in [0.2, 0.25) is 0 Å². The van der Waals surface area contributed by atoms with Crippen LogP contribution < -0.4 is 9.64 Å². The van der Waals surface area contributed by atoms with Crippen molar-refractivity contribution in [2.45, 2.75) is 44.9 Å². The number of ether oxygens (including phenoxy) is 2. The summed E-state index contributed by atoms with van der Waals surface area (Å²) in [7, 11) is 1.64. The van der Waals surface area contributed by atoms with Gasteiger partial charge in [0.1, 0.15) is 5.75 Å². The van der Waals surface area contributed by atoms with Gasteiger partial charge >= 0.3 is 12.1 Å². The standard InChI is InChI=1S/C28H33N5O4/c1-20(2)37-27(35)31-13-11-28(12-14-31)19-32(24-9-7-22(8-10-24)23-16-29-30-17-23)26(34)33(28)18-21-5-4-6-25(15-21)36-3/h4-10,15-17,20H,11-14,18-19H2,1-3H3,(H,29,30). The molecule has 1 N–H and O–H groups in total. The topological polar surface area (TPSA) is 91.0 Å². The molecule has 0 bridgehead atoms. The second-order valence-electron chi connectivity index (χ2n) is 9.98. The van der Waals surface area contributed by atoms with Gasteiger partial charge < -0.3 is 19.3 Å². The molecule has 9 nitrogen and oxygen atoms in total. The third-order valence-electron chi connectivity index (χ3n) is 7.26. The summed E-state index contributed by atoms with van der Waals surface area (Å²) in [5.74, 6) is 0.760. The third-order valence-corrected chi connectivity index (χ3v) is 7.26. The smallest absolute Gasteiger partial charge is 0.410 e. The zero-order valence-electron chi connectivity index (χ0n) is 21.5. The second-order valence-corrected chi connectivity index (χ2v) is 9.98. The molecule has 3 amide bonds. The van der Waals surface area contributed by atoms with Gasteiger partial charge in [-0.3, -0.25) is 10.00 Å². The molecular formula is C28H33N5O4. The fourth-order valence-corrected chi connectivity index (χ4v) is 5.24. The minimum atomic E-state index is -0.391. The van der Waals surface area contributed by atoms with Crippen molar-refractivity contribution in [3.05, 3.63) is 66.5 Å². The quantitative estimate of drug-likeness (QED) is 0.516. The Hall–Kier alpha value is -4.01. The number of carbonyl (C=O) groups excluding carboxylic acids is 2. The van der Waals surface area contributed by atoms with Crippen LogP contribution in [0.5, 0.6) is 5.75 Å². The first-order chi connectivity index (χ1) is 17.9. The molecule has 2 aliphatic rings. The number of aromatic amines is 1. The van der Waals surface area contributed by atoms with Crippen LogP contribution >= 0.6 is 0 Å². The number of hydrogen-bond acceptors (Lipinski definition) is 5. The lowest BCUT2D eigenvalue weighted by Crippen LogP contribution is -2.55. The van der Waals surface area contributed by atoms with E-state index in [1.54, 1.807) is 18.2 Å². The highest BCUT2D eigenvalue weighted by atomic mass is 16.6. The number of H-pyrrole nitrogens is 1. The third kappa shape index (κ3) is 4.98. The summed E-state index contributed by atoms with van der Waals surface area (Å²) in [6, 6.07) is 15.8. The van der Waals surface area contributed by atoms with Crippen LogP contribution in [-0.4, -0.2) is 70.5 Å². The Morgan fingerprint density at radius 1 is 1.11 bits per heavy atom. The molecule has 3 aromatic rings. The average molecular weight is 504 g/mol. The number of nitrogens with one attached hydrogen (secondary N) is 1. The molecule has 1 spiro atoms. The van der Waals surface area contributed by atoms with Crippen LogP contribution in [0.2, 0.25) is 0 Å². The van der Waals surface area contributed by atoms with Crippen molar-refractivity contribution >= 4 is 17.8 Å². The van der Waals surface area contributed by atoms with Crippen molar-refractivity contribution in [2.24, 2.45) is 0 Å². The highest BCUT2D eigenvalue weighted by molar-refractivity contribution is 5.95. The van der Waals surface area contributed by atoms with Crippen LogP contribution in [0, 0.1) is 0 Å². The minimum Gasteiger partial charge on any atom is -0.497 e. The number of hydrogen-bond donors (Lipinski definition) is 1. The number of rotatable bonds is 6. The summed E-state index contributed by atoms with van der Waals surface area (Å²) in [6.45, 7) is 5.82. The molecule has 2 saturated heterocycles. The molecule has 0 atom stereocenters. The van der Waals surface area contributed by atoms with Gasteiger partial charge in [0.15, 0.2) is 0 Å². The monoisotopic (exact) mass is 503 g/mol. The van der Waals surface area contributed by atoms with E-state index >= 15 is 0 Å². The van der Waals surface area contributed by atoms with E-state index in [1.165, 1.54) is 0 Å². The molecule has 1 aromatic heterocycles. The summed E-state index contributed by atoms with van der Waals surface area (Å²) in [5, 5.41) is 6.86. The van der Waals surface area contributed by atoms with Crippen molar-refractivity contribution in [1.82, 2.24) is 20.0 Å². The van der Waals surface area contributed by atoms with E-state index in [9.17, 15) is 9.59 Å². The highest BCUT2D eigenvalue weighted by Crippen LogP contribution is 2.40. The van der Waals surface area contributed by atoms with Gasteiger partial charge in [0.05, 0.1) is 31.5 Å². The number of amides is 3. The number of benzene rings is 2. The van der Waals surface area contributed by atoms with E-state index in [-0.39, 0.29) is 18.2 Å². The Balaban J connectivity index is 1.41. The number of carbonyl (C=O) groups is 2. The summed E-state index contributed by atoms with van der Waals surface area (Å²) in [5.41, 5.74) is 3.50. The first-order valence-corrected chi connectivity index (χ1v) is 12.7. The maximum atomic E-state index is 13.9. The molecule has 0 radical (unpaired) electrons. The van der Waals surface area contributed by atoms with E-state index < -0.39 is 5.54 Å². The number of methoxy groups -OCH3 is 1. The lowest BCUT2D eigenvalue weighted by atomic mass is 9.86. The Bertz CT molecular complexity index is 1230. The number of likely N-dealkylation sites (tertiary alicyclic amines) is 1. The number of aromatic nitrogens is 2. The molecule has 2 aromatic carbocycles. The van der Waals surface area contributed by atoms with Crippen LogP contribution in [0.3, 0.4) is 0 Å². The normalized spacial score (nSPS) is 17.1. The fraction of sp³-hybridized carbons (Fsp3) is 0.393. The van der Waals surface area contributed by atoms with Crippen LogP contribution in [-0.2, 0) is 11.3 Å². The molecule has 9 heteroatoms. The number of urea groups is 1. The molecule has 0 aliphatic carbocycles. The zero-order chi connectivity index (χ0) is 26.0. The number of piperidine rings is 1. The largest absolute Gasteiger partial charge is 0.497 e. The minimum absolute atomic E-state index is 0.0305. The van der Waals surface area contributed by atoms with Crippen molar-refractivity contribution in [1.29, 1.82) is 0 Å². The molecule has 194 valence electrons. The van der Waals surface area contributed by atoms with Crippen molar-refractivity contribution < 1.29 is 19.1 Å². The summed E-state index contributed by atoms with van der Waals surface area (Å²) in [4.78, 5) is 32.0. The van der Waals surface area contributed by atoms with E-state index in [0.29, 0.717) is 39.0 Å². The van der Waals surface area contributed by atoms with Gasteiger partial charge in [-0.05, 0) is 62.1 Å². The van der Waals surface area contributed by atoms with Crippen molar-refractivity contribution in [3.63, 3.8) is 0 Å². The van der Waals surface area contributed by atoms with E-state index in [0.717, 1.165) is 28.1 Å². The zero-order valence-corrected chi connectivity index (χ0v) is 21.5. The highest BCUT2D eigenvalue weighted by Gasteiger charge is 2.51. The SMILES string of the molecule is COc1cccc(CN2C(=O)N(c3ccc(-c4cn[nH]c4)cc3)CC23CCN(C(=O)OC(C)C)CC3)c1. The van der Waals surface area contributed by atoms with Crippen LogP contribution in [0.1, 0.15) is 32.3 Å². The van der Waals surface area contributed by atoms with E-state index in [1.807, 2.05) is 78.4 Å². The predicted octanol–water partition coefficient (Wildman–Crippen LogP) is 4.91. The molecule has 5 rings (SSSR count). The first-order valence-electron chi connectivity index (χ1n) is 12.7. The average Bonchev–Trinajstić information content (AvgIpc) is 3.53. The molecule has 0 unspecified atom stereocenters. The van der Waals surface area contributed by atoms with Crippen molar-refractivity contribution in [3.8, 4) is 16.9 Å². The summed E-state index contributed by atoms with van der Waals surface area (Å²) < 4.78 is 10.8.